The summed E-state index contributed by atoms with van der Waals surface area (Å²) in [7, 11) is 0. The summed E-state index contributed by atoms with van der Waals surface area (Å²) in [5.41, 5.74) is 2.47. The third-order valence-electron chi connectivity index (χ3n) is 4.09. The second kappa shape index (κ2) is 6.62. The molecule has 0 spiro atoms. The summed E-state index contributed by atoms with van der Waals surface area (Å²) >= 11 is 0. The number of carbonyl (C=O) groups excluding carboxylic acids is 1. The van der Waals surface area contributed by atoms with Gasteiger partial charge in [-0.15, -0.1) is 12.4 Å². The molecule has 2 aromatic heterocycles. The minimum atomic E-state index is -0.0736. The number of rotatable bonds is 2. The zero-order valence-electron chi connectivity index (χ0n) is 13.0. The van der Waals surface area contributed by atoms with Gasteiger partial charge in [0.1, 0.15) is 0 Å². The molecule has 3 rings (SSSR count). The van der Waals surface area contributed by atoms with Gasteiger partial charge in [-0.05, 0) is 45.3 Å². The Balaban J connectivity index is 0.00000176. The van der Waals surface area contributed by atoms with E-state index in [1.54, 1.807) is 6.07 Å². The van der Waals surface area contributed by atoms with Crippen molar-refractivity contribution in [3.8, 4) is 0 Å². The number of nitrogens with one attached hydrogen (secondary N) is 2. The van der Waals surface area contributed by atoms with Crippen LogP contribution >= 0.6 is 12.4 Å². The van der Waals surface area contributed by atoms with E-state index in [2.05, 4.69) is 27.7 Å². The highest BCUT2D eigenvalue weighted by atomic mass is 35.5. The van der Waals surface area contributed by atoms with Gasteiger partial charge in [-0.1, -0.05) is 12.1 Å². The van der Waals surface area contributed by atoms with Gasteiger partial charge in [0.2, 0.25) is 0 Å². The molecule has 7 heteroatoms. The number of halogens is 1. The van der Waals surface area contributed by atoms with E-state index in [4.69, 9.17) is 4.52 Å². The number of amides is 1. The summed E-state index contributed by atoms with van der Waals surface area (Å²) in [6.07, 6.45) is 0.947. The van der Waals surface area contributed by atoms with Crippen LogP contribution in [0.25, 0.3) is 11.1 Å². The first-order valence-electron chi connectivity index (χ1n) is 7.31. The fourth-order valence-corrected chi connectivity index (χ4v) is 2.87. The van der Waals surface area contributed by atoms with Gasteiger partial charge < -0.3 is 15.2 Å². The summed E-state index contributed by atoms with van der Waals surface area (Å²) in [6, 6.07) is 2.00. The molecule has 2 N–H and O–H groups in total. The maximum absolute atomic E-state index is 12.6. The van der Waals surface area contributed by atoms with Crippen LogP contribution in [0.3, 0.4) is 0 Å². The molecule has 2 aromatic rings. The van der Waals surface area contributed by atoms with Crippen molar-refractivity contribution in [2.45, 2.75) is 33.2 Å². The zero-order chi connectivity index (χ0) is 15.0. The van der Waals surface area contributed by atoms with Gasteiger partial charge >= 0.3 is 0 Å². The SMILES string of the molecule is Cc1cc(C(=O)NC2CCNCC2C)c2c(C)noc2n1.Cl. The van der Waals surface area contributed by atoms with Crippen LogP contribution in [0.2, 0.25) is 0 Å². The number of hydrogen-bond acceptors (Lipinski definition) is 5. The Bertz CT molecular complexity index is 685. The van der Waals surface area contributed by atoms with E-state index in [-0.39, 0.29) is 24.4 Å². The third-order valence-corrected chi connectivity index (χ3v) is 4.09. The number of piperidine rings is 1. The number of pyridine rings is 1. The minimum absolute atomic E-state index is 0. The molecule has 6 nitrogen and oxygen atoms in total. The molecule has 3 heterocycles. The average Bonchev–Trinajstić information content (AvgIpc) is 2.82. The Morgan fingerprint density at radius 1 is 1.45 bits per heavy atom. The molecule has 1 saturated heterocycles. The monoisotopic (exact) mass is 324 g/mol. The quantitative estimate of drug-likeness (QED) is 0.883. The minimum Gasteiger partial charge on any atom is -0.349 e. The number of aromatic nitrogens is 2. The first kappa shape index (κ1) is 16.7. The normalized spacial score (nSPS) is 21.4. The van der Waals surface area contributed by atoms with Gasteiger partial charge in [0.15, 0.2) is 0 Å². The van der Waals surface area contributed by atoms with Crippen LogP contribution in [0.5, 0.6) is 0 Å². The maximum Gasteiger partial charge on any atom is 0.258 e. The highest BCUT2D eigenvalue weighted by Crippen LogP contribution is 2.22. The molecule has 1 aliphatic rings. The Morgan fingerprint density at radius 3 is 2.95 bits per heavy atom. The summed E-state index contributed by atoms with van der Waals surface area (Å²) < 4.78 is 5.18. The standard InChI is InChI=1S/C15H20N4O2.ClH/c1-8-7-16-5-4-12(8)18-14(20)11-6-9(2)17-15-13(11)10(3)19-21-15;/h6,8,12,16H,4-5,7H2,1-3H3,(H,18,20);1H. The largest absolute Gasteiger partial charge is 0.349 e. The predicted octanol–water partition coefficient (Wildman–Crippen LogP) is 1.99. The van der Waals surface area contributed by atoms with E-state index in [9.17, 15) is 4.79 Å². The van der Waals surface area contributed by atoms with Gasteiger partial charge in [0.25, 0.3) is 11.6 Å². The molecule has 2 atom stereocenters. The van der Waals surface area contributed by atoms with E-state index < -0.39 is 0 Å². The van der Waals surface area contributed by atoms with Gasteiger partial charge in [0.05, 0.1) is 16.6 Å². The van der Waals surface area contributed by atoms with Crippen LogP contribution < -0.4 is 10.6 Å². The van der Waals surface area contributed by atoms with Gasteiger partial charge in [0, 0.05) is 11.7 Å². The average molecular weight is 325 g/mol. The van der Waals surface area contributed by atoms with Crippen LogP contribution in [-0.2, 0) is 0 Å². The zero-order valence-corrected chi connectivity index (χ0v) is 13.8. The molecule has 0 aromatic carbocycles. The van der Waals surface area contributed by atoms with Crippen LogP contribution in [0, 0.1) is 19.8 Å². The van der Waals surface area contributed by atoms with Crippen LogP contribution in [0.4, 0.5) is 0 Å². The number of carbonyl (C=O) groups is 1. The van der Waals surface area contributed by atoms with Crippen molar-refractivity contribution in [3.05, 3.63) is 23.0 Å². The lowest BCUT2D eigenvalue weighted by Crippen LogP contribution is -2.48. The molecular formula is C15H21ClN4O2. The molecule has 0 bridgehead atoms. The number of nitrogens with zero attached hydrogens (tertiary/aromatic N) is 2. The number of hydrogen-bond donors (Lipinski definition) is 2. The van der Waals surface area contributed by atoms with Crippen molar-refractivity contribution in [1.29, 1.82) is 0 Å². The molecule has 0 aliphatic carbocycles. The van der Waals surface area contributed by atoms with Crippen LogP contribution in [-0.4, -0.2) is 35.2 Å². The second-order valence-corrected chi connectivity index (χ2v) is 5.81. The Morgan fingerprint density at radius 2 is 2.23 bits per heavy atom. The number of fused-ring (bicyclic) bond motifs is 1. The van der Waals surface area contributed by atoms with E-state index in [0.29, 0.717) is 28.3 Å². The van der Waals surface area contributed by atoms with Crippen molar-refractivity contribution in [2.24, 2.45) is 5.92 Å². The fraction of sp³-hybridized carbons (Fsp3) is 0.533. The lowest BCUT2D eigenvalue weighted by atomic mass is 9.95. The molecule has 1 fully saturated rings. The van der Waals surface area contributed by atoms with E-state index in [1.165, 1.54) is 0 Å². The first-order valence-corrected chi connectivity index (χ1v) is 7.31. The number of aryl methyl sites for hydroxylation is 2. The molecule has 0 radical (unpaired) electrons. The Hall–Kier alpha value is -1.66. The van der Waals surface area contributed by atoms with E-state index in [1.807, 2.05) is 13.8 Å². The predicted molar refractivity (Wildman–Crippen MR) is 86.4 cm³/mol. The van der Waals surface area contributed by atoms with Crippen LogP contribution in [0.1, 0.15) is 35.1 Å². The molecule has 120 valence electrons. The van der Waals surface area contributed by atoms with Crippen molar-refractivity contribution >= 4 is 29.4 Å². The highest BCUT2D eigenvalue weighted by Gasteiger charge is 2.25. The lowest BCUT2D eigenvalue weighted by molar-refractivity contribution is 0.0915. The maximum atomic E-state index is 12.6. The van der Waals surface area contributed by atoms with Crippen molar-refractivity contribution in [3.63, 3.8) is 0 Å². The van der Waals surface area contributed by atoms with E-state index in [0.717, 1.165) is 25.2 Å². The molecule has 2 unspecified atom stereocenters. The molecular weight excluding hydrogens is 304 g/mol. The van der Waals surface area contributed by atoms with E-state index >= 15 is 0 Å². The van der Waals surface area contributed by atoms with Crippen molar-refractivity contribution in [2.75, 3.05) is 13.1 Å². The van der Waals surface area contributed by atoms with Gasteiger partial charge in [-0.2, -0.15) is 0 Å². The third kappa shape index (κ3) is 3.08. The highest BCUT2D eigenvalue weighted by molar-refractivity contribution is 6.06. The summed E-state index contributed by atoms with van der Waals surface area (Å²) in [6.45, 7) is 7.69. The molecule has 0 saturated carbocycles. The summed E-state index contributed by atoms with van der Waals surface area (Å²) in [5, 5.41) is 11.1. The second-order valence-electron chi connectivity index (χ2n) is 5.81. The van der Waals surface area contributed by atoms with Crippen molar-refractivity contribution < 1.29 is 9.32 Å². The van der Waals surface area contributed by atoms with Crippen LogP contribution in [0.15, 0.2) is 10.6 Å². The molecule has 1 amide bonds. The Labute approximate surface area is 135 Å². The molecule has 1 aliphatic heterocycles. The summed E-state index contributed by atoms with van der Waals surface area (Å²) in [5.74, 6) is 0.347. The fourth-order valence-electron chi connectivity index (χ4n) is 2.87. The summed E-state index contributed by atoms with van der Waals surface area (Å²) in [4.78, 5) is 16.9. The Kier molecular flexibility index (Phi) is 5.03. The lowest BCUT2D eigenvalue weighted by Gasteiger charge is -2.30. The van der Waals surface area contributed by atoms with Gasteiger partial charge in [-0.3, -0.25) is 4.79 Å². The smallest absolute Gasteiger partial charge is 0.258 e. The van der Waals surface area contributed by atoms with Gasteiger partial charge in [-0.25, -0.2) is 4.98 Å². The molecule has 22 heavy (non-hydrogen) atoms. The topological polar surface area (TPSA) is 80.0 Å². The first-order chi connectivity index (χ1) is 10.1. The van der Waals surface area contributed by atoms with Crippen molar-refractivity contribution in [1.82, 2.24) is 20.8 Å².